The maximum atomic E-state index is 11.9. The molecule has 1 amide bonds. The molecule has 0 fully saturated rings. The number of benzene rings is 1. The Morgan fingerprint density at radius 2 is 1.65 bits per heavy atom. The van der Waals surface area contributed by atoms with Crippen molar-refractivity contribution in [1.29, 1.82) is 0 Å². The van der Waals surface area contributed by atoms with Gasteiger partial charge in [0.25, 0.3) is 0 Å². The molecule has 0 radical (unpaired) electrons. The minimum Gasteiger partial charge on any atom is -0.444 e. The third-order valence-corrected chi connectivity index (χ3v) is 4.80. The number of nitrogens with one attached hydrogen (secondary N) is 1. The maximum absolute atomic E-state index is 11.9. The Morgan fingerprint density at radius 1 is 1.13 bits per heavy atom. The van der Waals surface area contributed by atoms with Crippen molar-refractivity contribution in [3.63, 3.8) is 0 Å². The van der Waals surface area contributed by atoms with Crippen LogP contribution in [0.25, 0.3) is 0 Å². The molecule has 0 aromatic heterocycles. The lowest BCUT2D eigenvalue weighted by atomic mass is 9.63. The van der Waals surface area contributed by atoms with Crippen LogP contribution in [0.1, 0.15) is 47.1 Å². The molecule has 0 saturated heterocycles. The minimum atomic E-state index is -0.519. The van der Waals surface area contributed by atoms with E-state index in [1.807, 2.05) is 45.0 Å². The van der Waals surface area contributed by atoms with Crippen molar-refractivity contribution < 1.29 is 9.53 Å². The number of alkyl carbamates (subject to hydrolysis) is 1. The van der Waals surface area contributed by atoms with Crippen molar-refractivity contribution in [2.24, 2.45) is 11.1 Å². The van der Waals surface area contributed by atoms with Gasteiger partial charge in [-0.05, 0) is 43.9 Å². The van der Waals surface area contributed by atoms with Crippen molar-refractivity contribution in [3.05, 3.63) is 34.9 Å². The highest BCUT2D eigenvalue weighted by molar-refractivity contribution is 6.30. The number of rotatable bonds is 5. The molecule has 130 valence electrons. The van der Waals surface area contributed by atoms with Crippen LogP contribution < -0.4 is 11.1 Å². The van der Waals surface area contributed by atoms with Crippen LogP contribution in [-0.2, 0) is 10.2 Å². The first-order valence-electron chi connectivity index (χ1n) is 7.84. The van der Waals surface area contributed by atoms with Gasteiger partial charge in [-0.1, -0.05) is 44.5 Å². The van der Waals surface area contributed by atoms with Crippen LogP contribution in [0.2, 0.25) is 5.02 Å². The van der Waals surface area contributed by atoms with Gasteiger partial charge in [-0.2, -0.15) is 0 Å². The predicted molar refractivity (Wildman–Crippen MR) is 95.9 cm³/mol. The van der Waals surface area contributed by atoms with Crippen LogP contribution in [0, 0.1) is 5.41 Å². The van der Waals surface area contributed by atoms with Crippen LogP contribution in [0.4, 0.5) is 4.79 Å². The number of carbonyl (C=O) groups is 1. The molecule has 0 aliphatic heterocycles. The van der Waals surface area contributed by atoms with Crippen LogP contribution in [0.3, 0.4) is 0 Å². The zero-order valence-electron chi connectivity index (χ0n) is 15.0. The van der Waals surface area contributed by atoms with Crippen LogP contribution in [-0.4, -0.2) is 24.8 Å². The molecule has 5 heteroatoms. The highest BCUT2D eigenvalue weighted by Gasteiger charge is 2.41. The third kappa shape index (κ3) is 5.11. The summed E-state index contributed by atoms with van der Waals surface area (Å²) < 4.78 is 5.30. The van der Waals surface area contributed by atoms with E-state index in [2.05, 4.69) is 26.1 Å². The lowest BCUT2D eigenvalue weighted by Gasteiger charge is -2.44. The van der Waals surface area contributed by atoms with Crippen LogP contribution in [0.5, 0.6) is 0 Å². The molecule has 0 aliphatic carbocycles. The van der Waals surface area contributed by atoms with Gasteiger partial charge in [0.15, 0.2) is 0 Å². The molecule has 0 aliphatic rings. The van der Waals surface area contributed by atoms with Crippen LogP contribution >= 0.6 is 11.6 Å². The number of halogens is 1. The van der Waals surface area contributed by atoms with E-state index >= 15 is 0 Å². The molecule has 0 bridgehead atoms. The topological polar surface area (TPSA) is 64.3 Å². The average molecular weight is 341 g/mol. The second-order valence-corrected chi connectivity index (χ2v) is 8.19. The second kappa shape index (κ2) is 7.10. The van der Waals surface area contributed by atoms with Gasteiger partial charge in [-0.25, -0.2) is 4.79 Å². The summed E-state index contributed by atoms with van der Waals surface area (Å²) in [6.45, 7) is 12.7. The third-order valence-electron chi connectivity index (χ3n) is 4.55. The molecule has 3 N–H and O–H groups in total. The van der Waals surface area contributed by atoms with Gasteiger partial charge in [-0.3, -0.25) is 0 Å². The molecule has 0 heterocycles. The summed E-state index contributed by atoms with van der Waals surface area (Å²) in [5.74, 6) is 0. The Hall–Kier alpha value is -1.26. The Kier molecular flexibility index (Phi) is 6.11. The van der Waals surface area contributed by atoms with Gasteiger partial charge in [0, 0.05) is 23.5 Å². The Balaban J connectivity index is 2.90. The number of ether oxygens (including phenoxy) is 1. The Labute approximate surface area is 144 Å². The summed E-state index contributed by atoms with van der Waals surface area (Å²) >= 11 is 5.98. The molecule has 1 rings (SSSR count). The van der Waals surface area contributed by atoms with E-state index in [1.54, 1.807) is 0 Å². The SMILES string of the molecule is CC(C)(C)OC(=O)NCC(C)(CN)C(C)(C)c1ccc(Cl)cc1. The molecule has 1 unspecified atom stereocenters. The number of carbonyl (C=O) groups excluding carboxylic acids is 1. The normalized spacial score (nSPS) is 15.0. The first-order chi connectivity index (χ1) is 10.4. The molecular weight excluding hydrogens is 312 g/mol. The fraction of sp³-hybridized carbons (Fsp3) is 0.611. The molecular formula is C18H29ClN2O2. The standard InChI is InChI=1S/C18H29ClN2O2/c1-16(2,3)23-15(22)21-12-18(6,11-20)17(4,5)13-7-9-14(19)10-8-13/h7-10H,11-12,20H2,1-6H3,(H,21,22). The quantitative estimate of drug-likeness (QED) is 0.847. The summed E-state index contributed by atoms with van der Waals surface area (Å²) in [7, 11) is 0. The zero-order chi connectivity index (χ0) is 17.9. The van der Waals surface area contributed by atoms with Crippen molar-refractivity contribution in [2.45, 2.75) is 52.6 Å². The van der Waals surface area contributed by atoms with E-state index in [4.69, 9.17) is 22.1 Å². The Bertz CT molecular complexity index is 535. The highest BCUT2D eigenvalue weighted by Crippen LogP contribution is 2.40. The minimum absolute atomic E-state index is 0.249. The van der Waals surface area contributed by atoms with Crippen molar-refractivity contribution in [1.82, 2.24) is 5.32 Å². The molecule has 1 atom stereocenters. The largest absolute Gasteiger partial charge is 0.444 e. The van der Waals surface area contributed by atoms with Crippen molar-refractivity contribution in [2.75, 3.05) is 13.1 Å². The molecule has 0 spiro atoms. The smallest absolute Gasteiger partial charge is 0.407 e. The lowest BCUT2D eigenvalue weighted by Crippen LogP contribution is -2.52. The molecule has 4 nitrogen and oxygen atoms in total. The van der Waals surface area contributed by atoms with E-state index in [0.717, 1.165) is 5.56 Å². The summed E-state index contributed by atoms with van der Waals surface area (Å²) in [6, 6.07) is 7.75. The Morgan fingerprint density at radius 3 is 2.09 bits per heavy atom. The van der Waals surface area contributed by atoms with Crippen molar-refractivity contribution in [3.8, 4) is 0 Å². The predicted octanol–water partition coefficient (Wildman–Crippen LogP) is 4.11. The molecule has 23 heavy (non-hydrogen) atoms. The molecule has 0 saturated carbocycles. The highest BCUT2D eigenvalue weighted by atomic mass is 35.5. The second-order valence-electron chi connectivity index (χ2n) is 7.75. The summed E-state index contributed by atoms with van der Waals surface area (Å²) in [4.78, 5) is 11.9. The zero-order valence-corrected chi connectivity index (χ0v) is 15.8. The van der Waals surface area contributed by atoms with E-state index in [9.17, 15) is 4.79 Å². The van der Waals surface area contributed by atoms with Crippen molar-refractivity contribution >= 4 is 17.7 Å². The van der Waals surface area contributed by atoms with Gasteiger partial charge in [0.05, 0.1) is 0 Å². The lowest BCUT2D eigenvalue weighted by molar-refractivity contribution is 0.0480. The fourth-order valence-corrected chi connectivity index (χ4v) is 2.47. The van der Waals surface area contributed by atoms with Crippen LogP contribution in [0.15, 0.2) is 24.3 Å². The van der Waals surface area contributed by atoms with Gasteiger partial charge in [-0.15, -0.1) is 0 Å². The maximum Gasteiger partial charge on any atom is 0.407 e. The fourth-order valence-electron chi connectivity index (χ4n) is 2.34. The monoisotopic (exact) mass is 340 g/mol. The summed E-state index contributed by atoms with van der Waals surface area (Å²) in [6.07, 6.45) is -0.427. The van der Waals surface area contributed by atoms with E-state index < -0.39 is 11.7 Å². The first-order valence-corrected chi connectivity index (χ1v) is 8.22. The first kappa shape index (κ1) is 19.8. The molecule has 1 aromatic rings. The van der Waals surface area contributed by atoms with Gasteiger partial charge in [0.2, 0.25) is 0 Å². The number of hydrogen-bond acceptors (Lipinski definition) is 3. The van der Waals surface area contributed by atoms with Gasteiger partial charge >= 0.3 is 6.09 Å². The summed E-state index contributed by atoms with van der Waals surface area (Å²) in [5.41, 5.74) is 6.08. The van der Waals surface area contributed by atoms with Gasteiger partial charge in [0.1, 0.15) is 5.60 Å². The average Bonchev–Trinajstić information content (AvgIpc) is 2.43. The van der Waals surface area contributed by atoms with Gasteiger partial charge < -0.3 is 15.8 Å². The summed E-state index contributed by atoms with van der Waals surface area (Å²) in [5, 5.41) is 3.55. The molecule has 1 aromatic carbocycles. The van der Waals surface area contributed by atoms with E-state index in [-0.39, 0.29) is 10.8 Å². The van der Waals surface area contributed by atoms with E-state index in [1.165, 1.54) is 0 Å². The number of hydrogen-bond donors (Lipinski definition) is 2. The number of nitrogens with two attached hydrogens (primary N) is 1. The number of amides is 1. The van der Waals surface area contributed by atoms with E-state index in [0.29, 0.717) is 18.1 Å².